The molecule has 1 aromatic heterocycles. The maximum absolute atomic E-state index is 12.7. The fourth-order valence-electron chi connectivity index (χ4n) is 3.83. The molecule has 2 aromatic carbocycles. The third kappa shape index (κ3) is 4.05. The fourth-order valence-corrected chi connectivity index (χ4v) is 4.64. The number of thiazole rings is 1. The minimum Gasteiger partial charge on any atom is -0.454 e. The van der Waals surface area contributed by atoms with Crippen LogP contribution in [0.15, 0.2) is 48.7 Å². The third-order valence-corrected chi connectivity index (χ3v) is 6.59. The Morgan fingerprint density at radius 3 is 2.68 bits per heavy atom. The maximum atomic E-state index is 12.7. The van der Waals surface area contributed by atoms with Crippen LogP contribution in [0.3, 0.4) is 0 Å². The number of nitriles is 1. The summed E-state index contributed by atoms with van der Waals surface area (Å²) in [5.41, 5.74) is 2.68. The van der Waals surface area contributed by atoms with Crippen LogP contribution in [-0.2, 0) is 0 Å². The smallest absolute Gasteiger partial charge is 0.263 e. The normalized spacial score (nSPS) is 15.5. The molecule has 156 valence electrons. The number of piperidine rings is 1. The summed E-state index contributed by atoms with van der Waals surface area (Å²) in [6.45, 7) is 1.96. The van der Waals surface area contributed by atoms with Crippen molar-refractivity contribution in [1.82, 2.24) is 10.3 Å². The van der Waals surface area contributed by atoms with E-state index in [0.29, 0.717) is 16.2 Å². The molecule has 0 spiro atoms. The standard InChI is InChI=1S/C23H20N4O3S/c24-12-15-1-4-18(5-2-15)27-9-7-17(8-10-27)26-22(28)21-13-25-23(31-21)16-3-6-19-20(11-16)30-14-29-19/h1-6,11,13,17H,7-10,14H2,(H,26,28). The number of nitrogens with one attached hydrogen (secondary N) is 1. The first-order valence-electron chi connectivity index (χ1n) is 10.1. The summed E-state index contributed by atoms with van der Waals surface area (Å²) in [5, 5.41) is 12.9. The van der Waals surface area contributed by atoms with Gasteiger partial charge in [-0.25, -0.2) is 4.98 Å². The van der Waals surface area contributed by atoms with Gasteiger partial charge in [-0.05, 0) is 55.3 Å². The van der Waals surface area contributed by atoms with Gasteiger partial charge < -0.3 is 19.7 Å². The first-order chi connectivity index (χ1) is 15.2. The van der Waals surface area contributed by atoms with Gasteiger partial charge >= 0.3 is 0 Å². The summed E-state index contributed by atoms with van der Waals surface area (Å²) < 4.78 is 10.8. The van der Waals surface area contributed by atoms with Crippen molar-refractivity contribution in [2.45, 2.75) is 18.9 Å². The monoisotopic (exact) mass is 432 g/mol. The molecule has 7 nitrogen and oxygen atoms in total. The number of fused-ring (bicyclic) bond motifs is 1. The molecule has 0 saturated carbocycles. The summed E-state index contributed by atoms with van der Waals surface area (Å²) in [7, 11) is 0. The number of carbonyl (C=O) groups excluding carboxylic acids is 1. The van der Waals surface area contributed by atoms with Crippen LogP contribution < -0.4 is 19.7 Å². The Labute approximate surface area is 183 Å². The number of rotatable bonds is 4. The highest BCUT2D eigenvalue weighted by molar-refractivity contribution is 7.16. The number of hydrogen-bond donors (Lipinski definition) is 1. The number of aromatic nitrogens is 1. The highest BCUT2D eigenvalue weighted by Crippen LogP contribution is 2.37. The van der Waals surface area contributed by atoms with Gasteiger partial charge in [-0.1, -0.05) is 0 Å². The van der Waals surface area contributed by atoms with E-state index in [1.807, 2.05) is 42.5 Å². The minimum atomic E-state index is -0.0821. The zero-order chi connectivity index (χ0) is 21.2. The van der Waals surface area contributed by atoms with Gasteiger partial charge in [0, 0.05) is 30.4 Å². The number of nitrogens with zero attached hydrogens (tertiary/aromatic N) is 3. The molecule has 0 unspecified atom stereocenters. The van der Waals surface area contributed by atoms with Crippen LogP contribution in [0.1, 0.15) is 28.1 Å². The first kappa shape index (κ1) is 19.4. The van der Waals surface area contributed by atoms with E-state index in [0.717, 1.165) is 47.9 Å². The lowest BCUT2D eigenvalue weighted by molar-refractivity contribution is 0.0935. The predicted molar refractivity (Wildman–Crippen MR) is 118 cm³/mol. The molecular weight excluding hydrogens is 412 g/mol. The third-order valence-electron chi connectivity index (χ3n) is 5.54. The van der Waals surface area contributed by atoms with Crippen LogP contribution in [0.2, 0.25) is 0 Å². The molecule has 0 aliphatic carbocycles. The number of hydrogen-bond acceptors (Lipinski definition) is 7. The van der Waals surface area contributed by atoms with E-state index in [1.54, 1.807) is 6.20 Å². The van der Waals surface area contributed by atoms with Gasteiger partial charge in [0.2, 0.25) is 6.79 Å². The second-order valence-electron chi connectivity index (χ2n) is 7.49. The van der Waals surface area contributed by atoms with E-state index >= 15 is 0 Å². The van der Waals surface area contributed by atoms with Gasteiger partial charge in [0.05, 0.1) is 17.8 Å². The molecule has 0 bridgehead atoms. The van der Waals surface area contributed by atoms with Gasteiger partial charge in [0.25, 0.3) is 5.91 Å². The van der Waals surface area contributed by atoms with Crippen LogP contribution in [0.4, 0.5) is 5.69 Å². The molecule has 5 rings (SSSR count). The van der Waals surface area contributed by atoms with Gasteiger partial charge in [0.1, 0.15) is 9.88 Å². The molecule has 2 aliphatic heterocycles. The maximum Gasteiger partial charge on any atom is 0.263 e. The highest BCUT2D eigenvalue weighted by atomic mass is 32.1. The largest absolute Gasteiger partial charge is 0.454 e. The van der Waals surface area contributed by atoms with Crippen molar-refractivity contribution in [3.05, 3.63) is 59.1 Å². The molecule has 1 fully saturated rings. The van der Waals surface area contributed by atoms with Gasteiger partial charge in [-0.3, -0.25) is 4.79 Å². The second kappa shape index (κ2) is 8.28. The van der Waals surface area contributed by atoms with E-state index < -0.39 is 0 Å². The molecule has 3 heterocycles. The molecule has 0 atom stereocenters. The summed E-state index contributed by atoms with van der Waals surface area (Å²) in [5.74, 6) is 1.35. The quantitative estimate of drug-likeness (QED) is 0.675. The van der Waals surface area contributed by atoms with Crippen molar-refractivity contribution in [2.24, 2.45) is 0 Å². The molecule has 31 heavy (non-hydrogen) atoms. The number of carbonyl (C=O) groups is 1. The van der Waals surface area contributed by atoms with Crippen molar-refractivity contribution in [3.8, 4) is 28.1 Å². The lowest BCUT2D eigenvalue weighted by atomic mass is 10.0. The Kier molecular flexibility index (Phi) is 5.18. The highest BCUT2D eigenvalue weighted by Gasteiger charge is 2.23. The van der Waals surface area contributed by atoms with E-state index in [2.05, 4.69) is 21.3 Å². The Morgan fingerprint density at radius 2 is 1.90 bits per heavy atom. The SMILES string of the molecule is N#Cc1ccc(N2CCC(NC(=O)c3cnc(-c4ccc5c(c4)OCO5)s3)CC2)cc1. The molecule has 1 amide bonds. The van der Waals surface area contributed by atoms with Crippen LogP contribution >= 0.6 is 11.3 Å². The average molecular weight is 433 g/mol. The fraction of sp³-hybridized carbons (Fsp3) is 0.261. The summed E-state index contributed by atoms with van der Waals surface area (Å²) >= 11 is 1.37. The zero-order valence-electron chi connectivity index (χ0n) is 16.7. The second-order valence-corrected chi connectivity index (χ2v) is 8.52. The predicted octanol–water partition coefficient (Wildman–Crippen LogP) is 3.81. The van der Waals surface area contributed by atoms with Crippen LogP contribution in [-0.4, -0.2) is 36.8 Å². The van der Waals surface area contributed by atoms with Crippen LogP contribution in [0, 0.1) is 11.3 Å². The molecule has 1 saturated heterocycles. The van der Waals surface area contributed by atoms with E-state index in [9.17, 15) is 4.79 Å². The van der Waals surface area contributed by atoms with E-state index in [1.165, 1.54) is 11.3 Å². The Balaban J connectivity index is 1.18. The van der Waals surface area contributed by atoms with E-state index in [-0.39, 0.29) is 18.7 Å². The van der Waals surface area contributed by atoms with E-state index in [4.69, 9.17) is 14.7 Å². The Bertz CT molecular complexity index is 1140. The summed E-state index contributed by atoms with van der Waals surface area (Å²) in [4.78, 5) is 20.0. The molecule has 2 aliphatic rings. The van der Waals surface area contributed by atoms with Gasteiger partial charge in [0.15, 0.2) is 11.5 Å². The summed E-state index contributed by atoms with van der Waals surface area (Å²) in [6, 6.07) is 15.6. The van der Waals surface area contributed by atoms with Crippen molar-refractivity contribution in [2.75, 3.05) is 24.8 Å². The Hall–Kier alpha value is -3.57. The summed E-state index contributed by atoms with van der Waals surface area (Å²) in [6.07, 6.45) is 3.38. The number of ether oxygens (including phenoxy) is 2. The molecule has 3 aromatic rings. The molecule has 1 N–H and O–H groups in total. The average Bonchev–Trinajstić information content (AvgIpc) is 3.49. The van der Waals surface area contributed by atoms with Crippen LogP contribution in [0.25, 0.3) is 10.6 Å². The van der Waals surface area contributed by atoms with Crippen molar-refractivity contribution >= 4 is 22.9 Å². The minimum absolute atomic E-state index is 0.0821. The Morgan fingerprint density at radius 1 is 1.13 bits per heavy atom. The number of anilines is 1. The van der Waals surface area contributed by atoms with Crippen molar-refractivity contribution < 1.29 is 14.3 Å². The van der Waals surface area contributed by atoms with Gasteiger partial charge in [-0.15, -0.1) is 11.3 Å². The molecular formula is C23H20N4O3S. The van der Waals surface area contributed by atoms with Crippen molar-refractivity contribution in [3.63, 3.8) is 0 Å². The first-order valence-corrected chi connectivity index (χ1v) is 10.9. The lowest BCUT2D eigenvalue weighted by Gasteiger charge is -2.33. The molecule has 8 heteroatoms. The number of benzene rings is 2. The molecule has 0 radical (unpaired) electrons. The number of amides is 1. The lowest BCUT2D eigenvalue weighted by Crippen LogP contribution is -2.44. The van der Waals surface area contributed by atoms with Crippen molar-refractivity contribution in [1.29, 1.82) is 5.26 Å². The zero-order valence-corrected chi connectivity index (χ0v) is 17.5. The van der Waals surface area contributed by atoms with Crippen LogP contribution in [0.5, 0.6) is 11.5 Å². The topological polar surface area (TPSA) is 87.5 Å². The van der Waals surface area contributed by atoms with Gasteiger partial charge in [-0.2, -0.15) is 5.26 Å².